The maximum absolute atomic E-state index is 14.3. The van der Waals surface area contributed by atoms with Gasteiger partial charge in [0.15, 0.2) is 17.5 Å². The number of hydrogen-bond acceptors (Lipinski definition) is 4. The summed E-state index contributed by atoms with van der Waals surface area (Å²) < 4.78 is 175. The number of fused-ring (bicyclic) bond motifs is 6. The zero-order chi connectivity index (χ0) is 54.5. The van der Waals surface area contributed by atoms with E-state index in [9.17, 15) is 52.7 Å². The second kappa shape index (κ2) is 18.4. The van der Waals surface area contributed by atoms with Crippen molar-refractivity contribution in [2.75, 3.05) is 0 Å². The molecule has 0 atom stereocenters. The van der Waals surface area contributed by atoms with Gasteiger partial charge in [-0.3, -0.25) is 0 Å². The topological polar surface area (TPSA) is 43.6 Å². The van der Waals surface area contributed by atoms with E-state index in [1.807, 2.05) is 109 Å². The van der Waals surface area contributed by atoms with E-state index in [1.54, 1.807) is 22.0 Å². The SMILES string of the molecule is FC(F)(F)c1cc(-c2ccc3c(c2)c2cc(-c4cc(C(F)(F)F)cc(C(F)(F)F)c4)ccc2n3-c2ccc(-c3ccc4sc5ccccc5c4c3)cc2-c2nc(-c3ccccc3)nc(-c3ccccc3)n2)cc(C(F)(F)F)c1. The molecule has 3 heterocycles. The second-order valence-corrected chi connectivity index (χ2v) is 19.6. The number of halogens is 12. The molecule has 0 aliphatic heterocycles. The van der Waals surface area contributed by atoms with Crippen LogP contribution in [0.3, 0.4) is 0 Å². The lowest BCUT2D eigenvalue weighted by Gasteiger charge is -2.17. The molecule has 0 saturated carbocycles. The minimum Gasteiger partial charge on any atom is -0.308 e. The van der Waals surface area contributed by atoms with Crippen molar-refractivity contribution in [1.29, 1.82) is 0 Å². The number of benzene rings is 9. The van der Waals surface area contributed by atoms with Crippen LogP contribution in [0.25, 0.3) is 115 Å². The molecule has 0 unspecified atom stereocenters. The molecule has 17 heteroatoms. The Kier molecular flexibility index (Phi) is 11.8. The van der Waals surface area contributed by atoms with Crippen LogP contribution in [-0.4, -0.2) is 19.5 Å². The largest absolute Gasteiger partial charge is 0.416 e. The van der Waals surface area contributed by atoms with Crippen molar-refractivity contribution in [3.05, 3.63) is 216 Å². The summed E-state index contributed by atoms with van der Waals surface area (Å²) in [5.74, 6) is 0.784. The highest BCUT2D eigenvalue weighted by molar-refractivity contribution is 7.25. The average molecular weight is 1080 g/mol. The van der Waals surface area contributed by atoms with Crippen LogP contribution in [0.1, 0.15) is 22.3 Å². The first-order valence-corrected chi connectivity index (χ1v) is 24.6. The predicted octanol–water partition coefficient (Wildman–Crippen LogP) is 19.4. The van der Waals surface area contributed by atoms with Gasteiger partial charge < -0.3 is 4.57 Å². The van der Waals surface area contributed by atoms with Crippen molar-refractivity contribution >= 4 is 53.3 Å². The molecule has 12 rings (SSSR count). The lowest BCUT2D eigenvalue weighted by atomic mass is 9.96. The summed E-state index contributed by atoms with van der Waals surface area (Å²) in [5.41, 5.74) is -3.18. The average Bonchev–Trinajstić information content (AvgIpc) is 4.13. The van der Waals surface area contributed by atoms with E-state index in [0.29, 0.717) is 74.9 Å². The Hall–Kier alpha value is -8.83. The Morgan fingerprint density at radius 3 is 1.17 bits per heavy atom. The van der Waals surface area contributed by atoms with Gasteiger partial charge in [0.2, 0.25) is 0 Å². The zero-order valence-electron chi connectivity index (χ0n) is 39.7. The maximum Gasteiger partial charge on any atom is 0.416 e. The zero-order valence-corrected chi connectivity index (χ0v) is 40.5. The summed E-state index contributed by atoms with van der Waals surface area (Å²) in [7, 11) is 0. The summed E-state index contributed by atoms with van der Waals surface area (Å²) in [5, 5.41) is 2.41. The van der Waals surface area contributed by atoms with E-state index >= 15 is 0 Å². The first-order valence-electron chi connectivity index (χ1n) is 23.8. The smallest absolute Gasteiger partial charge is 0.308 e. The Morgan fingerprint density at radius 2 is 0.679 bits per heavy atom. The molecule has 0 aliphatic rings. The van der Waals surface area contributed by atoms with Crippen molar-refractivity contribution in [2.45, 2.75) is 24.7 Å². The molecule has 0 spiro atoms. The van der Waals surface area contributed by atoms with E-state index in [2.05, 4.69) is 6.07 Å². The maximum atomic E-state index is 14.3. The van der Waals surface area contributed by atoms with Gasteiger partial charge in [0.1, 0.15) is 0 Å². The van der Waals surface area contributed by atoms with Gasteiger partial charge in [-0.25, -0.2) is 15.0 Å². The lowest BCUT2D eigenvalue weighted by Crippen LogP contribution is -2.11. The number of rotatable bonds is 7. The number of thiophene rings is 1. The van der Waals surface area contributed by atoms with Crippen LogP contribution >= 0.6 is 11.3 Å². The normalized spacial score (nSPS) is 12.6. The van der Waals surface area contributed by atoms with Crippen LogP contribution in [0, 0.1) is 0 Å². The molecule has 0 N–H and O–H groups in total. The monoisotopic (exact) mass is 1080 g/mol. The molecule has 4 nitrogen and oxygen atoms in total. The fraction of sp³-hybridized carbons (Fsp3) is 0.0656. The van der Waals surface area contributed by atoms with Gasteiger partial charge in [0.25, 0.3) is 0 Å². The number of aromatic nitrogens is 4. The van der Waals surface area contributed by atoms with E-state index in [1.165, 1.54) is 36.4 Å². The van der Waals surface area contributed by atoms with Crippen molar-refractivity contribution < 1.29 is 52.7 Å². The molecule has 3 aromatic heterocycles. The van der Waals surface area contributed by atoms with E-state index in [0.717, 1.165) is 25.7 Å². The van der Waals surface area contributed by atoms with Gasteiger partial charge in [-0.2, -0.15) is 52.7 Å². The summed E-state index contributed by atoms with van der Waals surface area (Å²) in [4.78, 5) is 15.0. The molecule has 0 amide bonds. The molecule has 78 heavy (non-hydrogen) atoms. The minimum atomic E-state index is -5.19. The van der Waals surface area contributed by atoms with Gasteiger partial charge in [0, 0.05) is 47.6 Å². The Bertz CT molecular complexity index is 4070. The fourth-order valence-electron chi connectivity index (χ4n) is 9.81. The highest BCUT2D eigenvalue weighted by atomic mass is 32.1. The highest BCUT2D eigenvalue weighted by Crippen LogP contribution is 2.46. The highest BCUT2D eigenvalue weighted by Gasteiger charge is 2.39. The third kappa shape index (κ3) is 9.26. The van der Waals surface area contributed by atoms with Crippen molar-refractivity contribution in [2.24, 2.45) is 0 Å². The van der Waals surface area contributed by atoms with Crippen LogP contribution in [0.4, 0.5) is 52.7 Å². The predicted molar refractivity (Wildman–Crippen MR) is 280 cm³/mol. The standard InChI is InChI=1S/C61H32F12N4S/c62-58(63,64)41-23-39(24-42(31-41)59(65,66)67)37-16-19-50-46(27-37)47-28-38(40-25-43(60(68,69)70)32-44(26-40)61(71,72)73)17-20-51(47)77(50)52-21-15-35(36-18-22-54-48(29-36)45-13-7-8-14-53(45)78-54)30-49(52)57-75-55(33-9-3-1-4-10-33)74-56(76-57)34-11-5-2-6-12-34/h1-32H. The number of hydrogen-bond donors (Lipinski definition) is 0. The Morgan fingerprint density at radius 1 is 0.295 bits per heavy atom. The first-order chi connectivity index (χ1) is 37.1. The van der Waals surface area contributed by atoms with E-state index in [-0.39, 0.29) is 39.9 Å². The Balaban J connectivity index is 1.16. The molecular formula is C61H32F12N4S. The quantitative estimate of drug-likeness (QED) is 0.149. The van der Waals surface area contributed by atoms with Crippen LogP contribution < -0.4 is 0 Å². The molecule has 0 fully saturated rings. The van der Waals surface area contributed by atoms with Crippen molar-refractivity contribution in [3.8, 4) is 73.2 Å². The third-order valence-electron chi connectivity index (χ3n) is 13.5. The fourth-order valence-corrected chi connectivity index (χ4v) is 10.9. The molecule has 0 radical (unpaired) electrons. The molecule has 12 aromatic rings. The minimum absolute atomic E-state index is 0.00383. The van der Waals surface area contributed by atoms with Crippen molar-refractivity contribution in [3.63, 3.8) is 0 Å². The van der Waals surface area contributed by atoms with Gasteiger partial charge >= 0.3 is 24.7 Å². The lowest BCUT2D eigenvalue weighted by molar-refractivity contribution is -0.144. The molecule has 9 aromatic carbocycles. The number of nitrogens with zero attached hydrogens (tertiary/aromatic N) is 4. The van der Waals surface area contributed by atoms with Gasteiger partial charge in [-0.15, -0.1) is 11.3 Å². The van der Waals surface area contributed by atoms with E-state index in [4.69, 9.17) is 15.0 Å². The van der Waals surface area contributed by atoms with Crippen LogP contribution in [0.5, 0.6) is 0 Å². The summed E-state index contributed by atoms with van der Waals surface area (Å²) in [6.07, 6.45) is -20.8. The van der Waals surface area contributed by atoms with Crippen LogP contribution in [-0.2, 0) is 24.7 Å². The first kappa shape index (κ1) is 50.0. The second-order valence-electron chi connectivity index (χ2n) is 18.5. The van der Waals surface area contributed by atoms with Gasteiger partial charge in [0.05, 0.1) is 39.0 Å². The van der Waals surface area contributed by atoms with Crippen LogP contribution in [0.2, 0.25) is 0 Å². The molecule has 0 aliphatic carbocycles. The molecule has 386 valence electrons. The summed E-state index contributed by atoms with van der Waals surface area (Å²) >= 11 is 1.64. The Labute approximate surface area is 438 Å². The molecule has 0 bridgehead atoms. The third-order valence-corrected chi connectivity index (χ3v) is 14.6. The van der Waals surface area contributed by atoms with Crippen LogP contribution in [0.15, 0.2) is 194 Å². The molecular weight excluding hydrogens is 1050 g/mol. The summed E-state index contributed by atoms with van der Waals surface area (Å²) in [6.45, 7) is 0. The molecule has 0 saturated heterocycles. The van der Waals surface area contributed by atoms with Crippen molar-refractivity contribution in [1.82, 2.24) is 19.5 Å². The van der Waals surface area contributed by atoms with Gasteiger partial charge in [-0.1, -0.05) is 103 Å². The van der Waals surface area contributed by atoms with E-state index < -0.39 is 58.1 Å². The number of alkyl halides is 12. The van der Waals surface area contributed by atoms with Gasteiger partial charge in [-0.05, 0) is 124 Å². The summed E-state index contributed by atoms with van der Waals surface area (Å²) in [6, 6.07) is 48.6.